The van der Waals surface area contributed by atoms with Crippen molar-refractivity contribution < 1.29 is 29.5 Å². The fraction of sp³-hybridized carbons (Fsp3) is 0.500. The summed E-state index contributed by atoms with van der Waals surface area (Å²) in [6, 6.07) is 4.09. The predicted molar refractivity (Wildman–Crippen MR) is 99.5 cm³/mol. The molecule has 1 amide bonds. The average Bonchev–Trinajstić information content (AvgIpc) is 2.67. The summed E-state index contributed by atoms with van der Waals surface area (Å²) in [6.07, 6.45) is 7.51. The number of carbonyl (C=O) groups is 2. The number of carboxylic acid groups (broad SMARTS) is 1. The van der Waals surface area contributed by atoms with E-state index in [9.17, 15) is 14.7 Å². The molecule has 0 heterocycles. The third-order valence-electron chi connectivity index (χ3n) is 4.69. The van der Waals surface area contributed by atoms with E-state index < -0.39 is 17.9 Å². The number of rotatable bonds is 10. The molecule has 0 spiro atoms. The van der Waals surface area contributed by atoms with Crippen LogP contribution in [0.2, 0.25) is 0 Å². The van der Waals surface area contributed by atoms with Gasteiger partial charge >= 0.3 is 0 Å². The molecule has 3 N–H and O–H groups in total. The lowest BCUT2D eigenvalue weighted by atomic mass is 9.97. The van der Waals surface area contributed by atoms with Gasteiger partial charge in [-0.2, -0.15) is 0 Å². The lowest BCUT2D eigenvalue weighted by Gasteiger charge is -2.18. The minimum atomic E-state index is -1.24. The number of carbonyl (C=O) groups excluding carboxylic acids is 2. The molecule has 0 bridgehead atoms. The van der Waals surface area contributed by atoms with Crippen molar-refractivity contribution in [3.8, 4) is 11.5 Å². The number of quaternary nitrogens is 1. The van der Waals surface area contributed by atoms with E-state index in [-0.39, 0.29) is 6.42 Å². The van der Waals surface area contributed by atoms with Gasteiger partial charge in [0.1, 0.15) is 17.5 Å². The van der Waals surface area contributed by atoms with Crippen LogP contribution in [0.5, 0.6) is 11.5 Å². The molecule has 0 aromatic heterocycles. The van der Waals surface area contributed by atoms with Crippen LogP contribution in [0.4, 0.5) is 5.69 Å². The number of allylic oxidation sites excluding steroid dienone is 1. The smallest absolute Gasteiger partial charge is 0.230 e. The summed E-state index contributed by atoms with van der Waals surface area (Å²) in [5.74, 6) is -0.610. The Morgan fingerprint density at radius 1 is 1.26 bits per heavy atom. The van der Waals surface area contributed by atoms with E-state index in [2.05, 4.69) is 11.4 Å². The van der Waals surface area contributed by atoms with Crippen LogP contribution >= 0.6 is 0 Å². The molecular formula is C20H28N2O5. The van der Waals surface area contributed by atoms with Gasteiger partial charge in [0.25, 0.3) is 0 Å². The quantitative estimate of drug-likeness (QED) is 0.582. The number of amides is 1. The second-order valence-electron chi connectivity index (χ2n) is 6.63. The van der Waals surface area contributed by atoms with Crippen LogP contribution in [0.15, 0.2) is 29.8 Å². The maximum Gasteiger partial charge on any atom is 0.230 e. The van der Waals surface area contributed by atoms with E-state index in [4.69, 9.17) is 9.47 Å². The Morgan fingerprint density at radius 2 is 2.07 bits per heavy atom. The standard InChI is InChI=1S/C20H28N2O5/c1-26-15-8-9-18(27-2)16(12-15)22-19(23)13-17(20(24)25)21-11-10-14-6-4-3-5-7-14/h6,8-9,12,17,21H,3-5,7,10-11,13H2,1-2H3,(H,22,23)(H,24,25)/t17-/m0/s1. The SMILES string of the molecule is COc1ccc(OC)c(NC(=O)C[C@H]([NH2+]CCC2=CCCCC2)C(=O)[O-])c1. The number of nitrogens with one attached hydrogen (secondary N) is 1. The minimum absolute atomic E-state index is 0.179. The molecule has 1 aliphatic carbocycles. The zero-order chi connectivity index (χ0) is 19.6. The Morgan fingerprint density at radius 3 is 2.70 bits per heavy atom. The summed E-state index contributed by atoms with van der Waals surface area (Å²) < 4.78 is 10.4. The summed E-state index contributed by atoms with van der Waals surface area (Å²) in [6.45, 7) is 0.625. The zero-order valence-corrected chi connectivity index (χ0v) is 16.0. The molecule has 7 heteroatoms. The van der Waals surface area contributed by atoms with E-state index in [1.807, 2.05) is 0 Å². The number of carboxylic acids is 1. The molecule has 0 saturated heterocycles. The number of anilines is 1. The van der Waals surface area contributed by atoms with Crippen molar-refractivity contribution in [1.29, 1.82) is 0 Å². The molecule has 0 fully saturated rings. The van der Waals surface area contributed by atoms with Crippen LogP contribution in [0, 0.1) is 0 Å². The van der Waals surface area contributed by atoms with Crippen LogP contribution in [-0.2, 0) is 9.59 Å². The first kappa shape index (κ1) is 20.8. The van der Waals surface area contributed by atoms with Crippen LogP contribution in [0.3, 0.4) is 0 Å². The van der Waals surface area contributed by atoms with Gasteiger partial charge in [-0.15, -0.1) is 0 Å². The molecule has 0 aliphatic heterocycles. The summed E-state index contributed by atoms with van der Waals surface area (Å²) >= 11 is 0. The maximum atomic E-state index is 12.3. The first-order chi connectivity index (χ1) is 13.0. The molecular weight excluding hydrogens is 348 g/mol. The number of aliphatic carboxylic acids is 1. The van der Waals surface area contributed by atoms with E-state index >= 15 is 0 Å². The van der Waals surface area contributed by atoms with Crippen LogP contribution in [0.1, 0.15) is 38.5 Å². The highest BCUT2D eigenvalue weighted by Crippen LogP contribution is 2.29. The van der Waals surface area contributed by atoms with E-state index in [0.717, 1.165) is 19.3 Å². The third-order valence-corrected chi connectivity index (χ3v) is 4.69. The van der Waals surface area contributed by atoms with Crippen molar-refractivity contribution in [2.75, 3.05) is 26.1 Å². The summed E-state index contributed by atoms with van der Waals surface area (Å²) in [4.78, 5) is 23.7. The van der Waals surface area contributed by atoms with Crippen molar-refractivity contribution in [1.82, 2.24) is 0 Å². The van der Waals surface area contributed by atoms with Crippen molar-refractivity contribution in [2.24, 2.45) is 0 Å². The first-order valence-corrected chi connectivity index (χ1v) is 9.27. The summed E-state index contributed by atoms with van der Waals surface area (Å²) in [7, 11) is 3.02. The molecule has 1 aromatic carbocycles. The van der Waals surface area contributed by atoms with Crippen molar-refractivity contribution >= 4 is 17.6 Å². The lowest BCUT2D eigenvalue weighted by molar-refractivity contribution is -0.682. The van der Waals surface area contributed by atoms with Crippen molar-refractivity contribution in [3.05, 3.63) is 29.8 Å². The molecule has 7 nitrogen and oxygen atoms in total. The monoisotopic (exact) mass is 376 g/mol. The topological polar surface area (TPSA) is 104 Å². The Bertz CT molecular complexity index is 687. The lowest BCUT2D eigenvalue weighted by Crippen LogP contribution is -2.93. The molecule has 0 unspecified atom stereocenters. The average molecular weight is 376 g/mol. The summed E-state index contributed by atoms with van der Waals surface area (Å²) in [5.41, 5.74) is 1.81. The second kappa shape index (κ2) is 10.6. The van der Waals surface area contributed by atoms with Gasteiger partial charge in [-0.3, -0.25) is 4.79 Å². The normalized spacial score (nSPS) is 14.8. The molecule has 0 saturated carbocycles. The Kier molecular flexibility index (Phi) is 8.13. The molecule has 1 aromatic rings. The highest BCUT2D eigenvalue weighted by atomic mass is 16.5. The largest absolute Gasteiger partial charge is 0.544 e. The number of nitrogens with two attached hydrogens (primary N) is 1. The first-order valence-electron chi connectivity index (χ1n) is 9.27. The zero-order valence-electron chi connectivity index (χ0n) is 16.0. The number of benzene rings is 1. The Hall–Kier alpha value is -2.54. The molecule has 27 heavy (non-hydrogen) atoms. The molecule has 2 rings (SSSR count). The Balaban J connectivity index is 1.90. The van der Waals surface area contributed by atoms with Crippen molar-refractivity contribution in [2.45, 2.75) is 44.6 Å². The van der Waals surface area contributed by atoms with Crippen LogP contribution in [-0.4, -0.2) is 38.7 Å². The second-order valence-corrected chi connectivity index (χ2v) is 6.63. The highest BCUT2D eigenvalue weighted by Gasteiger charge is 2.19. The number of ether oxygens (including phenoxy) is 2. The fourth-order valence-corrected chi connectivity index (χ4v) is 3.18. The maximum absolute atomic E-state index is 12.3. The predicted octanol–water partition coefficient (Wildman–Crippen LogP) is 0.605. The molecule has 1 atom stereocenters. The minimum Gasteiger partial charge on any atom is -0.544 e. The van der Waals surface area contributed by atoms with Gasteiger partial charge in [0.05, 0.1) is 38.8 Å². The van der Waals surface area contributed by atoms with Gasteiger partial charge in [-0.05, 0) is 37.8 Å². The third kappa shape index (κ3) is 6.60. The molecule has 148 valence electrons. The number of hydrogen-bond donors (Lipinski definition) is 2. The van der Waals surface area contributed by atoms with Gasteiger partial charge < -0.3 is 30.0 Å². The molecule has 0 radical (unpaired) electrons. The van der Waals surface area contributed by atoms with E-state index in [1.165, 1.54) is 32.6 Å². The van der Waals surface area contributed by atoms with E-state index in [1.54, 1.807) is 23.5 Å². The van der Waals surface area contributed by atoms with Crippen LogP contribution in [0.25, 0.3) is 0 Å². The highest BCUT2D eigenvalue weighted by molar-refractivity contribution is 5.94. The Labute approximate surface area is 159 Å². The fourth-order valence-electron chi connectivity index (χ4n) is 3.18. The number of hydrogen-bond acceptors (Lipinski definition) is 5. The van der Waals surface area contributed by atoms with Crippen LogP contribution < -0.4 is 25.2 Å². The molecule has 1 aliphatic rings. The van der Waals surface area contributed by atoms with Gasteiger partial charge in [0, 0.05) is 12.5 Å². The summed E-state index contributed by atoms with van der Waals surface area (Å²) in [5, 5.41) is 15.8. The van der Waals surface area contributed by atoms with Gasteiger partial charge in [-0.25, -0.2) is 0 Å². The van der Waals surface area contributed by atoms with E-state index in [0.29, 0.717) is 23.7 Å². The van der Waals surface area contributed by atoms with Gasteiger partial charge in [0.15, 0.2) is 0 Å². The van der Waals surface area contributed by atoms with Gasteiger partial charge in [0.2, 0.25) is 5.91 Å². The van der Waals surface area contributed by atoms with Gasteiger partial charge in [-0.1, -0.05) is 11.6 Å². The van der Waals surface area contributed by atoms with Crippen molar-refractivity contribution in [3.63, 3.8) is 0 Å². The number of methoxy groups -OCH3 is 2.